The molecule has 1 aliphatic rings. The molecule has 0 spiro atoms. The highest BCUT2D eigenvalue weighted by molar-refractivity contribution is 6.85. The zero-order chi connectivity index (χ0) is 25.3. The van der Waals surface area contributed by atoms with Crippen LogP contribution < -0.4 is 0 Å². The minimum absolute atomic E-state index is 0.287. The summed E-state index contributed by atoms with van der Waals surface area (Å²) in [6, 6.07) is 0. The van der Waals surface area contributed by atoms with Gasteiger partial charge in [0.15, 0.2) is 0 Å². The average Bonchev–Trinajstić information content (AvgIpc) is 2.72. The van der Waals surface area contributed by atoms with E-state index < -0.39 is 35.7 Å². The summed E-state index contributed by atoms with van der Waals surface area (Å²) in [5, 5.41) is 3.63. The Morgan fingerprint density at radius 2 is 1.18 bits per heavy atom. The van der Waals surface area contributed by atoms with Gasteiger partial charge in [-0.3, -0.25) is 9.05 Å². The fourth-order valence-corrected chi connectivity index (χ4v) is 17.3. The van der Waals surface area contributed by atoms with Crippen LogP contribution in [0.25, 0.3) is 0 Å². The number of hydrogen-bond acceptors (Lipinski definition) is 9. The molecule has 0 radical (unpaired) electrons. The van der Waals surface area contributed by atoms with Gasteiger partial charge in [0.2, 0.25) is 0 Å². The van der Waals surface area contributed by atoms with Gasteiger partial charge in [-0.15, -0.1) is 0 Å². The molecule has 1 heterocycles. The molecular weight excluding hydrogens is 493 g/mol. The lowest BCUT2D eigenvalue weighted by Gasteiger charge is -2.46. The van der Waals surface area contributed by atoms with Crippen LogP contribution >= 0.6 is 0 Å². The largest absolute Gasteiger partial charge is 0.696 e. The lowest BCUT2D eigenvalue weighted by atomic mass is 9.97. The van der Waals surface area contributed by atoms with Crippen molar-refractivity contribution in [2.24, 2.45) is 0 Å². The quantitative estimate of drug-likeness (QED) is 0.232. The van der Waals surface area contributed by atoms with E-state index in [1.165, 1.54) is 0 Å². The summed E-state index contributed by atoms with van der Waals surface area (Å²) in [5.74, 6) is 0. The number of nitrogens with zero attached hydrogens (tertiary/aromatic N) is 2. The number of rotatable bonds is 14. The maximum absolute atomic E-state index is 6.64. The molecule has 13 heteroatoms. The predicted octanol–water partition coefficient (Wildman–Crippen LogP) is 4.55. The van der Waals surface area contributed by atoms with Crippen LogP contribution in [0.5, 0.6) is 0 Å². The fraction of sp³-hybridized carbons (Fsp3) is 1.00. The summed E-state index contributed by atoms with van der Waals surface area (Å²) in [7, 11) is -11.8. The van der Waals surface area contributed by atoms with Gasteiger partial charge >= 0.3 is 35.7 Å². The molecular formula is C20H50N2O7Si4. The van der Waals surface area contributed by atoms with Crippen LogP contribution in [0.1, 0.15) is 74.1 Å². The van der Waals surface area contributed by atoms with Crippen molar-refractivity contribution in [2.75, 3.05) is 26.2 Å². The van der Waals surface area contributed by atoms with Gasteiger partial charge in [-0.2, -0.15) is 10.1 Å². The first kappa shape index (κ1) is 31.5. The first-order valence-electron chi connectivity index (χ1n) is 12.6. The molecule has 9 nitrogen and oxygen atoms in total. The molecule has 1 rings (SSSR count). The van der Waals surface area contributed by atoms with Crippen LogP contribution in [-0.4, -0.2) is 77.6 Å². The van der Waals surface area contributed by atoms with Crippen LogP contribution in [0.2, 0.25) is 26.2 Å². The molecule has 0 saturated carbocycles. The maximum Gasteiger partial charge on any atom is 0.696 e. The van der Waals surface area contributed by atoms with Crippen molar-refractivity contribution in [2.45, 2.75) is 106 Å². The van der Waals surface area contributed by atoms with E-state index in [-0.39, 0.29) is 5.60 Å². The first-order valence-corrected chi connectivity index (χ1v) is 21.3. The summed E-state index contributed by atoms with van der Waals surface area (Å²) < 4.78 is 45.7. The van der Waals surface area contributed by atoms with E-state index in [4.69, 9.17) is 29.9 Å². The fourth-order valence-electron chi connectivity index (χ4n) is 3.42. The summed E-state index contributed by atoms with van der Waals surface area (Å²) in [6.45, 7) is 25.3. The SMILES string of the molecule is CCCCC(C)(CC)O[SiH]1O[Si](C)(C)O[Si](ON(CC)CC)(ON(CC)CC)O[Si](C)(C)O1. The highest BCUT2D eigenvalue weighted by Gasteiger charge is 2.61. The Hall–Kier alpha value is 0.508. The smallest absolute Gasteiger partial charge is 0.397 e. The average molecular weight is 543 g/mol. The number of hydrogen-bond donors (Lipinski definition) is 0. The van der Waals surface area contributed by atoms with Crippen LogP contribution in [-0.2, 0) is 29.9 Å². The summed E-state index contributed by atoms with van der Waals surface area (Å²) in [5.41, 5.74) is -0.287. The van der Waals surface area contributed by atoms with Gasteiger partial charge < -0.3 is 20.9 Å². The van der Waals surface area contributed by atoms with E-state index in [2.05, 4.69) is 20.8 Å². The predicted molar refractivity (Wildman–Crippen MR) is 140 cm³/mol. The molecule has 0 aromatic heterocycles. The Morgan fingerprint density at radius 1 is 0.758 bits per heavy atom. The van der Waals surface area contributed by atoms with Crippen molar-refractivity contribution in [3.63, 3.8) is 0 Å². The van der Waals surface area contributed by atoms with E-state index in [1.807, 2.05) is 64.0 Å². The molecule has 1 fully saturated rings. The second kappa shape index (κ2) is 13.7. The minimum Gasteiger partial charge on any atom is -0.397 e. The van der Waals surface area contributed by atoms with Gasteiger partial charge in [0.25, 0.3) is 0 Å². The van der Waals surface area contributed by atoms with E-state index in [0.717, 1.165) is 25.7 Å². The molecule has 0 aromatic rings. The van der Waals surface area contributed by atoms with Gasteiger partial charge in [-0.05, 0) is 46.0 Å². The second-order valence-corrected chi connectivity index (χ2v) is 20.8. The van der Waals surface area contributed by atoms with Crippen molar-refractivity contribution >= 4 is 35.7 Å². The van der Waals surface area contributed by atoms with Crippen molar-refractivity contribution in [1.82, 2.24) is 10.1 Å². The van der Waals surface area contributed by atoms with Crippen LogP contribution in [0.3, 0.4) is 0 Å². The topological polar surface area (TPSA) is 71.1 Å². The molecule has 0 bridgehead atoms. The molecule has 0 amide bonds. The van der Waals surface area contributed by atoms with Crippen molar-refractivity contribution in [3.8, 4) is 0 Å². The van der Waals surface area contributed by atoms with Crippen molar-refractivity contribution < 1.29 is 29.9 Å². The minimum atomic E-state index is -3.67. The third-order valence-corrected chi connectivity index (χ3v) is 19.3. The zero-order valence-corrected chi connectivity index (χ0v) is 27.1. The first-order chi connectivity index (χ1) is 15.3. The Bertz CT molecular complexity index is 533. The monoisotopic (exact) mass is 542 g/mol. The van der Waals surface area contributed by atoms with E-state index in [9.17, 15) is 0 Å². The van der Waals surface area contributed by atoms with Crippen LogP contribution in [0, 0.1) is 0 Å². The molecule has 1 atom stereocenters. The summed E-state index contributed by atoms with van der Waals surface area (Å²) >= 11 is 0. The highest BCUT2D eigenvalue weighted by Crippen LogP contribution is 2.32. The Labute approximate surface area is 207 Å². The van der Waals surface area contributed by atoms with Crippen molar-refractivity contribution in [1.29, 1.82) is 0 Å². The van der Waals surface area contributed by atoms with Gasteiger partial charge in [-0.25, -0.2) is 0 Å². The van der Waals surface area contributed by atoms with Gasteiger partial charge in [0, 0.05) is 26.2 Å². The van der Waals surface area contributed by atoms with E-state index in [1.54, 1.807) is 0 Å². The standard InChI is InChI=1S/C20H50N2O7Si4/c1-12-18-19-20(7,13-2)23-30-26-31(8,9)28-33(24-21(14-3)15-4,25-22(16-5)17-6)29-32(10,11)27-30/h30H,12-19H2,1-11H3. The Kier molecular flexibility index (Phi) is 13.1. The zero-order valence-electron chi connectivity index (χ0n) is 23.0. The summed E-state index contributed by atoms with van der Waals surface area (Å²) in [6.07, 6.45) is 4.09. The normalized spacial score (nSPS) is 22.8. The number of hydroxylamine groups is 4. The third-order valence-electron chi connectivity index (χ3n) is 5.58. The van der Waals surface area contributed by atoms with Gasteiger partial charge in [0.05, 0.1) is 5.60 Å². The summed E-state index contributed by atoms with van der Waals surface area (Å²) in [4.78, 5) is 0. The highest BCUT2D eigenvalue weighted by atomic mass is 28.5. The van der Waals surface area contributed by atoms with Crippen LogP contribution in [0.15, 0.2) is 0 Å². The van der Waals surface area contributed by atoms with E-state index >= 15 is 0 Å². The molecule has 1 saturated heterocycles. The van der Waals surface area contributed by atoms with Crippen LogP contribution in [0.4, 0.5) is 0 Å². The number of unbranched alkanes of at least 4 members (excludes halogenated alkanes) is 1. The van der Waals surface area contributed by atoms with Gasteiger partial charge in [-0.1, -0.05) is 54.4 Å². The molecule has 0 aliphatic carbocycles. The second-order valence-electron chi connectivity index (χ2n) is 9.46. The molecule has 33 heavy (non-hydrogen) atoms. The molecule has 198 valence electrons. The van der Waals surface area contributed by atoms with E-state index in [0.29, 0.717) is 26.2 Å². The Morgan fingerprint density at radius 3 is 1.52 bits per heavy atom. The Balaban J connectivity index is 3.28. The maximum atomic E-state index is 6.64. The third kappa shape index (κ3) is 10.6. The molecule has 0 N–H and O–H groups in total. The lowest BCUT2D eigenvalue weighted by molar-refractivity contribution is -0.199. The van der Waals surface area contributed by atoms with Gasteiger partial charge in [0.1, 0.15) is 0 Å². The van der Waals surface area contributed by atoms with Crippen molar-refractivity contribution in [3.05, 3.63) is 0 Å². The lowest BCUT2D eigenvalue weighted by Crippen LogP contribution is -2.69. The molecule has 0 aromatic carbocycles. The molecule has 1 unspecified atom stereocenters. The molecule has 1 aliphatic heterocycles.